The summed E-state index contributed by atoms with van der Waals surface area (Å²) >= 11 is 0. The van der Waals surface area contributed by atoms with Gasteiger partial charge in [-0.1, -0.05) is 19.0 Å². The van der Waals surface area contributed by atoms with Crippen molar-refractivity contribution in [3.8, 4) is 11.5 Å². The molecule has 2 aromatic rings. The fourth-order valence-corrected chi connectivity index (χ4v) is 2.77. The van der Waals surface area contributed by atoms with Crippen molar-refractivity contribution in [2.24, 2.45) is 0 Å². The molecule has 1 aliphatic heterocycles. The van der Waals surface area contributed by atoms with Gasteiger partial charge in [0, 0.05) is 17.5 Å². The van der Waals surface area contributed by atoms with Crippen molar-refractivity contribution in [3.63, 3.8) is 0 Å². The average molecular weight is 360 g/mol. The third-order valence-electron chi connectivity index (χ3n) is 4.05. The summed E-state index contributed by atoms with van der Waals surface area (Å²) in [5.74, 6) is 2.10. The SMILES string of the molecule is COc1ccc2c(c1)OC(C)(C)CN(C(=O)Nc1nc(C(C)C)no1)C2. The number of hydrogen-bond donors (Lipinski definition) is 1. The molecule has 2 heterocycles. The molecule has 0 bridgehead atoms. The number of aromatic nitrogens is 2. The second-order valence-electron chi connectivity index (χ2n) is 7.23. The molecule has 0 saturated heterocycles. The number of fused-ring (bicyclic) bond motifs is 1. The number of nitrogens with one attached hydrogen (secondary N) is 1. The number of carbonyl (C=O) groups excluding carboxylic acids is 1. The number of urea groups is 1. The predicted molar refractivity (Wildman–Crippen MR) is 95.5 cm³/mol. The third-order valence-corrected chi connectivity index (χ3v) is 4.05. The summed E-state index contributed by atoms with van der Waals surface area (Å²) in [7, 11) is 1.61. The largest absolute Gasteiger partial charge is 0.497 e. The third kappa shape index (κ3) is 3.89. The van der Waals surface area contributed by atoms with Crippen LogP contribution in [0.3, 0.4) is 0 Å². The summed E-state index contributed by atoms with van der Waals surface area (Å²) in [6, 6.07) is 5.37. The highest BCUT2D eigenvalue weighted by Crippen LogP contribution is 2.32. The second kappa shape index (κ2) is 6.86. The van der Waals surface area contributed by atoms with E-state index in [0.29, 0.717) is 30.4 Å². The molecular formula is C18H24N4O4. The number of amides is 2. The summed E-state index contributed by atoms with van der Waals surface area (Å²) in [5, 5.41) is 6.53. The zero-order chi connectivity index (χ0) is 18.9. The lowest BCUT2D eigenvalue weighted by Gasteiger charge is -2.29. The van der Waals surface area contributed by atoms with Gasteiger partial charge in [-0.25, -0.2) is 4.79 Å². The molecule has 1 aromatic carbocycles. The van der Waals surface area contributed by atoms with Gasteiger partial charge in [-0.05, 0) is 26.0 Å². The van der Waals surface area contributed by atoms with E-state index in [1.807, 2.05) is 45.9 Å². The summed E-state index contributed by atoms with van der Waals surface area (Å²) in [6.45, 7) is 8.59. The highest BCUT2D eigenvalue weighted by Gasteiger charge is 2.32. The first-order valence-corrected chi connectivity index (χ1v) is 8.53. The van der Waals surface area contributed by atoms with E-state index >= 15 is 0 Å². The molecule has 0 spiro atoms. The number of nitrogens with zero attached hydrogens (tertiary/aromatic N) is 3. The van der Waals surface area contributed by atoms with Crippen LogP contribution in [0.4, 0.5) is 10.8 Å². The van der Waals surface area contributed by atoms with Gasteiger partial charge in [0.1, 0.15) is 17.1 Å². The van der Waals surface area contributed by atoms with Crippen molar-refractivity contribution >= 4 is 12.0 Å². The molecule has 140 valence electrons. The van der Waals surface area contributed by atoms with Crippen molar-refractivity contribution in [1.82, 2.24) is 15.0 Å². The van der Waals surface area contributed by atoms with Crippen LogP contribution in [0.2, 0.25) is 0 Å². The van der Waals surface area contributed by atoms with E-state index < -0.39 is 5.60 Å². The Morgan fingerprint density at radius 2 is 2.15 bits per heavy atom. The topological polar surface area (TPSA) is 89.7 Å². The molecule has 3 rings (SSSR count). The van der Waals surface area contributed by atoms with Gasteiger partial charge in [-0.2, -0.15) is 4.98 Å². The molecule has 0 aliphatic carbocycles. The number of carbonyl (C=O) groups is 1. The van der Waals surface area contributed by atoms with Gasteiger partial charge in [0.2, 0.25) is 0 Å². The minimum Gasteiger partial charge on any atom is -0.497 e. The Balaban J connectivity index is 1.80. The number of hydrogen-bond acceptors (Lipinski definition) is 6. The van der Waals surface area contributed by atoms with Crippen LogP contribution in [0.15, 0.2) is 22.7 Å². The van der Waals surface area contributed by atoms with E-state index in [1.54, 1.807) is 12.0 Å². The molecular weight excluding hydrogens is 336 g/mol. The van der Waals surface area contributed by atoms with Gasteiger partial charge in [0.05, 0.1) is 20.2 Å². The molecule has 0 atom stereocenters. The van der Waals surface area contributed by atoms with Crippen molar-refractivity contribution in [3.05, 3.63) is 29.6 Å². The van der Waals surface area contributed by atoms with E-state index in [1.165, 1.54) is 0 Å². The molecule has 1 N–H and O–H groups in total. The maximum Gasteiger partial charge on any atom is 0.329 e. The first-order chi connectivity index (χ1) is 12.3. The summed E-state index contributed by atoms with van der Waals surface area (Å²) in [5.41, 5.74) is 0.340. The number of ether oxygens (including phenoxy) is 2. The Hall–Kier alpha value is -2.77. The van der Waals surface area contributed by atoms with Crippen LogP contribution in [0.25, 0.3) is 0 Å². The molecule has 2 amide bonds. The lowest BCUT2D eigenvalue weighted by atomic mass is 10.1. The van der Waals surface area contributed by atoms with Gasteiger partial charge >= 0.3 is 12.0 Å². The molecule has 0 saturated carbocycles. The standard InChI is InChI=1S/C18H24N4O4/c1-11(2)15-19-16(26-21-15)20-17(23)22-9-12-6-7-13(24-5)8-14(12)25-18(3,4)10-22/h6-8,11H,9-10H2,1-5H3,(H,19,20,21,23). The van der Waals surface area contributed by atoms with Gasteiger partial charge < -0.3 is 18.9 Å². The molecule has 1 aromatic heterocycles. The van der Waals surface area contributed by atoms with Crippen LogP contribution in [0.5, 0.6) is 11.5 Å². The molecule has 26 heavy (non-hydrogen) atoms. The molecule has 0 radical (unpaired) electrons. The maximum absolute atomic E-state index is 12.7. The quantitative estimate of drug-likeness (QED) is 0.902. The first kappa shape index (κ1) is 18.0. The number of anilines is 1. The highest BCUT2D eigenvalue weighted by molar-refractivity contribution is 5.87. The number of rotatable bonds is 3. The van der Waals surface area contributed by atoms with E-state index in [-0.39, 0.29) is 18.0 Å². The van der Waals surface area contributed by atoms with Crippen LogP contribution in [0, 0.1) is 0 Å². The van der Waals surface area contributed by atoms with Crippen LogP contribution in [-0.2, 0) is 6.54 Å². The lowest BCUT2D eigenvalue weighted by molar-refractivity contribution is 0.0831. The van der Waals surface area contributed by atoms with Gasteiger partial charge in [0.15, 0.2) is 5.82 Å². The zero-order valence-electron chi connectivity index (χ0n) is 15.7. The van der Waals surface area contributed by atoms with Crippen LogP contribution in [0.1, 0.15) is 45.0 Å². The van der Waals surface area contributed by atoms with Gasteiger partial charge in [-0.3, -0.25) is 5.32 Å². The molecule has 0 unspecified atom stereocenters. The molecule has 0 fully saturated rings. The normalized spacial score (nSPS) is 15.8. The van der Waals surface area contributed by atoms with E-state index in [2.05, 4.69) is 15.5 Å². The Morgan fingerprint density at radius 3 is 2.81 bits per heavy atom. The average Bonchev–Trinajstić information content (AvgIpc) is 2.98. The van der Waals surface area contributed by atoms with Crippen LogP contribution < -0.4 is 14.8 Å². The Kier molecular flexibility index (Phi) is 4.76. The maximum atomic E-state index is 12.7. The Morgan fingerprint density at radius 1 is 1.38 bits per heavy atom. The minimum atomic E-state index is -0.563. The monoisotopic (exact) mass is 360 g/mol. The molecule has 8 nitrogen and oxygen atoms in total. The fourth-order valence-electron chi connectivity index (χ4n) is 2.77. The molecule has 8 heteroatoms. The smallest absolute Gasteiger partial charge is 0.329 e. The fraction of sp³-hybridized carbons (Fsp3) is 0.500. The predicted octanol–water partition coefficient (Wildman–Crippen LogP) is 3.41. The van der Waals surface area contributed by atoms with Gasteiger partial charge in [0.25, 0.3) is 0 Å². The van der Waals surface area contributed by atoms with Crippen molar-refractivity contribution < 1.29 is 18.8 Å². The number of benzene rings is 1. The highest BCUT2D eigenvalue weighted by atomic mass is 16.5. The lowest BCUT2D eigenvalue weighted by Crippen LogP contribution is -2.44. The summed E-state index contributed by atoms with van der Waals surface area (Å²) in [6.07, 6.45) is 0. The van der Waals surface area contributed by atoms with Gasteiger partial charge in [-0.15, -0.1) is 0 Å². The first-order valence-electron chi connectivity index (χ1n) is 8.53. The zero-order valence-corrected chi connectivity index (χ0v) is 15.7. The van der Waals surface area contributed by atoms with E-state index in [0.717, 1.165) is 5.56 Å². The van der Waals surface area contributed by atoms with E-state index in [9.17, 15) is 4.79 Å². The van der Waals surface area contributed by atoms with Crippen molar-refractivity contribution in [2.75, 3.05) is 19.0 Å². The summed E-state index contributed by atoms with van der Waals surface area (Å²) < 4.78 is 16.5. The molecule has 1 aliphatic rings. The van der Waals surface area contributed by atoms with E-state index in [4.69, 9.17) is 14.0 Å². The van der Waals surface area contributed by atoms with Crippen LogP contribution >= 0.6 is 0 Å². The van der Waals surface area contributed by atoms with Crippen molar-refractivity contribution in [2.45, 2.75) is 45.8 Å². The summed E-state index contributed by atoms with van der Waals surface area (Å²) in [4.78, 5) is 18.6. The Bertz CT molecular complexity index is 800. The second-order valence-corrected chi connectivity index (χ2v) is 7.23. The van der Waals surface area contributed by atoms with Crippen LogP contribution in [-0.4, -0.2) is 40.3 Å². The number of methoxy groups -OCH3 is 1. The van der Waals surface area contributed by atoms with Crippen molar-refractivity contribution in [1.29, 1.82) is 0 Å². The Labute approximate surface area is 152 Å². The minimum absolute atomic E-state index is 0.0941.